The van der Waals surface area contributed by atoms with Crippen LogP contribution in [0.3, 0.4) is 0 Å². The van der Waals surface area contributed by atoms with Crippen LogP contribution in [0.2, 0.25) is 0 Å². The van der Waals surface area contributed by atoms with Crippen LogP contribution < -0.4 is 5.32 Å². The molecule has 66 valence electrons. The Kier molecular flexibility index (Phi) is 3.54. The molecular formula is C9H15N3. The van der Waals surface area contributed by atoms with Gasteiger partial charge in [-0.2, -0.15) is 0 Å². The average Bonchev–Trinajstić information content (AvgIpc) is 2.53. The number of hydrogen-bond donors (Lipinski definition) is 2. The molecule has 0 fully saturated rings. The third-order valence-electron chi connectivity index (χ3n) is 1.72. The molecule has 0 aromatic carbocycles. The Bertz CT molecular complexity index is 216. The molecular weight excluding hydrogens is 150 g/mol. The van der Waals surface area contributed by atoms with Crippen molar-refractivity contribution in [2.75, 3.05) is 0 Å². The van der Waals surface area contributed by atoms with Gasteiger partial charge in [0.05, 0.1) is 6.33 Å². The van der Waals surface area contributed by atoms with Gasteiger partial charge in [-0.3, -0.25) is 0 Å². The minimum Gasteiger partial charge on any atom is -0.347 e. The lowest BCUT2D eigenvalue weighted by Gasteiger charge is -2.09. The number of imidazole rings is 1. The van der Waals surface area contributed by atoms with Gasteiger partial charge in [0.2, 0.25) is 0 Å². The molecule has 3 heteroatoms. The van der Waals surface area contributed by atoms with Gasteiger partial charge in [0, 0.05) is 24.5 Å². The zero-order valence-electron chi connectivity index (χ0n) is 7.38. The monoisotopic (exact) mass is 165 g/mol. The van der Waals surface area contributed by atoms with Gasteiger partial charge < -0.3 is 10.3 Å². The van der Waals surface area contributed by atoms with Crippen LogP contribution in [0.5, 0.6) is 0 Å². The van der Waals surface area contributed by atoms with E-state index in [1.54, 1.807) is 6.33 Å². The van der Waals surface area contributed by atoms with Gasteiger partial charge in [0.1, 0.15) is 0 Å². The van der Waals surface area contributed by atoms with Crippen LogP contribution in [0.15, 0.2) is 25.2 Å². The van der Waals surface area contributed by atoms with Gasteiger partial charge in [-0.15, -0.1) is 6.58 Å². The fourth-order valence-corrected chi connectivity index (χ4v) is 0.999. The topological polar surface area (TPSA) is 40.7 Å². The molecule has 0 spiro atoms. The number of nitrogens with one attached hydrogen (secondary N) is 2. The maximum atomic E-state index is 3.93. The van der Waals surface area contributed by atoms with Gasteiger partial charge in [-0.25, -0.2) is 4.98 Å². The number of rotatable bonds is 5. The predicted molar refractivity (Wildman–Crippen MR) is 49.7 cm³/mol. The molecule has 0 aliphatic heterocycles. The minimum atomic E-state index is 0.478. The normalized spacial score (nSPS) is 12.8. The standard InChI is InChI=1S/C9H15N3/c1-3-4-8(2)11-6-9-5-10-7-12-9/h3,5,7-8,11H,1,4,6H2,2H3,(H,10,12). The average molecular weight is 165 g/mol. The van der Waals surface area contributed by atoms with Crippen LogP contribution >= 0.6 is 0 Å². The summed E-state index contributed by atoms with van der Waals surface area (Å²) in [5, 5.41) is 3.34. The second-order valence-corrected chi connectivity index (χ2v) is 2.88. The van der Waals surface area contributed by atoms with E-state index in [4.69, 9.17) is 0 Å². The lowest BCUT2D eigenvalue weighted by molar-refractivity contribution is 0.549. The third kappa shape index (κ3) is 2.88. The first-order chi connectivity index (χ1) is 5.83. The Morgan fingerprint density at radius 3 is 3.25 bits per heavy atom. The van der Waals surface area contributed by atoms with E-state index >= 15 is 0 Å². The summed E-state index contributed by atoms with van der Waals surface area (Å²) in [6.07, 6.45) is 6.43. The highest BCUT2D eigenvalue weighted by Crippen LogP contribution is 1.94. The summed E-state index contributed by atoms with van der Waals surface area (Å²) in [5.41, 5.74) is 1.12. The first kappa shape index (κ1) is 9.00. The van der Waals surface area contributed by atoms with Crippen LogP contribution in [0.1, 0.15) is 19.0 Å². The van der Waals surface area contributed by atoms with E-state index in [1.807, 2.05) is 12.3 Å². The Morgan fingerprint density at radius 1 is 1.83 bits per heavy atom. The van der Waals surface area contributed by atoms with Crippen LogP contribution in [0, 0.1) is 0 Å². The quantitative estimate of drug-likeness (QED) is 0.648. The lowest BCUT2D eigenvalue weighted by atomic mass is 10.2. The third-order valence-corrected chi connectivity index (χ3v) is 1.72. The van der Waals surface area contributed by atoms with Crippen LogP contribution in [0.25, 0.3) is 0 Å². The molecule has 0 bridgehead atoms. The lowest BCUT2D eigenvalue weighted by Crippen LogP contribution is -2.24. The van der Waals surface area contributed by atoms with Crippen molar-refractivity contribution in [1.82, 2.24) is 15.3 Å². The molecule has 0 aliphatic rings. The van der Waals surface area contributed by atoms with Gasteiger partial charge in [-0.05, 0) is 13.3 Å². The Labute approximate surface area is 72.9 Å². The fraction of sp³-hybridized carbons (Fsp3) is 0.444. The molecule has 1 rings (SSSR count). The van der Waals surface area contributed by atoms with Gasteiger partial charge in [0.15, 0.2) is 0 Å². The SMILES string of the molecule is C=CCC(C)NCc1cnc[nH]1. The molecule has 1 atom stereocenters. The van der Waals surface area contributed by atoms with Gasteiger partial charge >= 0.3 is 0 Å². The number of nitrogens with zero attached hydrogens (tertiary/aromatic N) is 1. The first-order valence-corrected chi connectivity index (χ1v) is 4.14. The number of hydrogen-bond acceptors (Lipinski definition) is 2. The maximum absolute atomic E-state index is 3.93. The minimum absolute atomic E-state index is 0.478. The molecule has 1 unspecified atom stereocenters. The molecule has 0 aliphatic carbocycles. The van der Waals surface area contributed by atoms with Crippen molar-refractivity contribution >= 4 is 0 Å². The van der Waals surface area contributed by atoms with Crippen LogP contribution in [-0.2, 0) is 6.54 Å². The van der Waals surface area contributed by atoms with E-state index in [-0.39, 0.29) is 0 Å². The molecule has 0 amide bonds. The predicted octanol–water partition coefficient (Wildman–Crippen LogP) is 1.46. The van der Waals surface area contributed by atoms with Crippen molar-refractivity contribution in [2.45, 2.75) is 25.9 Å². The highest BCUT2D eigenvalue weighted by Gasteiger charge is 1.98. The van der Waals surface area contributed by atoms with Gasteiger partial charge in [0.25, 0.3) is 0 Å². The molecule has 0 saturated heterocycles. The molecule has 2 N–H and O–H groups in total. The second kappa shape index (κ2) is 4.72. The smallest absolute Gasteiger partial charge is 0.0922 e. The summed E-state index contributed by atoms with van der Waals surface area (Å²) in [5.74, 6) is 0. The molecule has 12 heavy (non-hydrogen) atoms. The van der Waals surface area contributed by atoms with Crippen molar-refractivity contribution in [3.63, 3.8) is 0 Å². The first-order valence-electron chi connectivity index (χ1n) is 4.14. The molecule has 1 aromatic heterocycles. The number of aromatic nitrogens is 2. The van der Waals surface area contributed by atoms with E-state index < -0.39 is 0 Å². The van der Waals surface area contributed by atoms with Crippen LogP contribution in [0.4, 0.5) is 0 Å². The Balaban J connectivity index is 2.21. The summed E-state index contributed by atoms with van der Waals surface area (Å²) in [6.45, 7) is 6.66. The fourth-order valence-electron chi connectivity index (χ4n) is 0.999. The van der Waals surface area contributed by atoms with E-state index in [2.05, 4.69) is 28.8 Å². The summed E-state index contributed by atoms with van der Waals surface area (Å²) in [4.78, 5) is 6.97. The van der Waals surface area contributed by atoms with E-state index in [9.17, 15) is 0 Å². The van der Waals surface area contributed by atoms with E-state index in [0.717, 1.165) is 18.7 Å². The largest absolute Gasteiger partial charge is 0.347 e. The second-order valence-electron chi connectivity index (χ2n) is 2.88. The Morgan fingerprint density at radius 2 is 2.67 bits per heavy atom. The maximum Gasteiger partial charge on any atom is 0.0922 e. The van der Waals surface area contributed by atoms with Crippen LogP contribution in [-0.4, -0.2) is 16.0 Å². The van der Waals surface area contributed by atoms with Crippen molar-refractivity contribution < 1.29 is 0 Å². The molecule has 0 saturated carbocycles. The van der Waals surface area contributed by atoms with E-state index in [1.165, 1.54) is 0 Å². The number of H-pyrrole nitrogens is 1. The van der Waals surface area contributed by atoms with Gasteiger partial charge in [-0.1, -0.05) is 6.08 Å². The molecule has 1 heterocycles. The zero-order chi connectivity index (χ0) is 8.81. The summed E-state index contributed by atoms with van der Waals surface area (Å²) < 4.78 is 0. The highest BCUT2D eigenvalue weighted by atomic mass is 14.9. The van der Waals surface area contributed by atoms with E-state index in [0.29, 0.717) is 6.04 Å². The summed E-state index contributed by atoms with van der Waals surface area (Å²) in [7, 11) is 0. The molecule has 1 aromatic rings. The molecule has 0 radical (unpaired) electrons. The zero-order valence-corrected chi connectivity index (χ0v) is 7.38. The van der Waals surface area contributed by atoms with Crippen molar-refractivity contribution in [2.24, 2.45) is 0 Å². The highest BCUT2D eigenvalue weighted by molar-refractivity contribution is 4.93. The molecule has 3 nitrogen and oxygen atoms in total. The summed E-state index contributed by atoms with van der Waals surface area (Å²) in [6, 6.07) is 0.478. The van der Waals surface area contributed by atoms with Crippen molar-refractivity contribution in [1.29, 1.82) is 0 Å². The van der Waals surface area contributed by atoms with Crippen molar-refractivity contribution in [3.8, 4) is 0 Å². The van der Waals surface area contributed by atoms with Crippen molar-refractivity contribution in [3.05, 3.63) is 30.9 Å². The number of aromatic amines is 1. The Hall–Kier alpha value is -1.09. The summed E-state index contributed by atoms with van der Waals surface area (Å²) >= 11 is 0.